The summed E-state index contributed by atoms with van der Waals surface area (Å²) in [5, 5.41) is 5.10. The Balaban J connectivity index is 1.63. The number of nitrogens with zero attached hydrogens (tertiary/aromatic N) is 1. The average molecular weight is 461 g/mol. The zero-order valence-corrected chi connectivity index (χ0v) is 19.9. The van der Waals surface area contributed by atoms with E-state index in [9.17, 15) is 9.59 Å². The van der Waals surface area contributed by atoms with E-state index in [2.05, 4.69) is 12.2 Å². The van der Waals surface area contributed by atoms with Crippen molar-refractivity contribution in [2.24, 2.45) is 0 Å². The Kier molecular flexibility index (Phi) is 6.94. The van der Waals surface area contributed by atoms with Gasteiger partial charge in [0.15, 0.2) is 0 Å². The number of thiophene rings is 1. The first kappa shape index (κ1) is 22.8. The van der Waals surface area contributed by atoms with Gasteiger partial charge in [0.05, 0.1) is 17.4 Å². The number of carbonyl (C=O) groups is 2. The Morgan fingerprint density at radius 3 is 2.30 bits per heavy atom. The summed E-state index contributed by atoms with van der Waals surface area (Å²) in [5.41, 5.74) is 3.18. The molecule has 3 aromatic rings. The molecule has 0 spiro atoms. The van der Waals surface area contributed by atoms with Gasteiger partial charge in [0, 0.05) is 10.6 Å². The van der Waals surface area contributed by atoms with Crippen molar-refractivity contribution in [1.29, 1.82) is 0 Å². The molecule has 0 fully saturated rings. The Labute approximate surface area is 198 Å². The zero-order valence-electron chi connectivity index (χ0n) is 19.1. The zero-order chi connectivity index (χ0) is 23.4. The highest BCUT2D eigenvalue weighted by Crippen LogP contribution is 2.35. The van der Waals surface area contributed by atoms with Gasteiger partial charge in [0.25, 0.3) is 11.8 Å². The van der Waals surface area contributed by atoms with Crippen LogP contribution in [-0.4, -0.2) is 17.9 Å². The second-order valence-electron chi connectivity index (χ2n) is 8.26. The largest absolute Gasteiger partial charge is 0.491 e. The van der Waals surface area contributed by atoms with Gasteiger partial charge in [0.1, 0.15) is 11.4 Å². The summed E-state index contributed by atoms with van der Waals surface area (Å²) in [7, 11) is 0. The second-order valence-corrected chi connectivity index (χ2v) is 9.21. The number of benzene rings is 2. The van der Waals surface area contributed by atoms with Crippen molar-refractivity contribution in [2.45, 2.75) is 46.1 Å². The van der Waals surface area contributed by atoms with Crippen LogP contribution >= 0.6 is 11.3 Å². The van der Waals surface area contributed by atoms with E-state index in [-0.39, 0.29) is 23.6 Å². The molecule has 4 rings (SSSR count). The van der Waals surface area contributed by atoms with E-state index in [1.807, 2.05) is 79.9 Å². The molecule has 0 aliphatic carbocycles. The molecule has 1 aliphatic heterocycles. The van der Waals surface area contributed by atoms with Crippen molar-refractivity contribution in [1.82, 2.24) is 0 Å². The molecular weight excluding hydrogens is 432 g/mol. The molecule has 2 aromatic carbocycles. The third kappa shape index (κ3) is 5.01. The maximum Gasteiger partial charge on any atom is 0.282 e. The summed E-state index contributed by atoms with van der Waals surface area (Å²) in [4.78, 5) is 28.9. The molecule has 2 amide bonds. The van der Waals surface area contributed by atoms with Gasteiger partial charge in [-0.2, -0.15) is 0 Å². The molecule has 0 bridgehead atoms. The third-order valence-electron chi connectivity index (χ3n) is 5.36. The highest BCUT2D eigenvalue weighted by molar-refractivity contribution is 7.11. The van der Waals surface area contributed by atoms with Crippen LogP contribution in [0.4, 0.5) is 11.4 Å². The van der Waals surface area contributed by atoms with Gasteiger partial charge in [-0.15, -0.1) is 11.3 Å². The molecule has 2 heterocycles. The van der Waals surface area contributed by atoms with Crippen molar-refractivity contribution in [3.63, 3.8) is 0 Å². The summed E-state index contributed by atoms with van der Waals surface area (Å²) in [6.45, 7) is 6.10. The lowest BCUT2D eigenvalue weighted by atomic mass is 10.1. The topological polar surface area (TPSA) is 58.6 Å². The standard InChI is InChI=1S/C27H28N2O3S/c1-4-5-7-19-9-13-21(14-10-19)29-26(30)24(23-8-6-17-33-23)25(27(29)31)28-20-11-15-22(16-12-20)32-18(2)3/h6,8-18,28H,4-5,7H2,1-3H3. The summed E-state index contributed by atoms with van der Waals surface area (Å²) >= 11 is 1.44. The fourth-order valence-corrected chi connectivity index (χ4v) is 4.52. The maximum atomic E-state index is 13.5. The number of rotatable bonds is 9. The number of unbranched alkanes of at least 4 members (excludes halogenated alkanes) is 1. The van der Waals surface area contributed by atoms with E-state index >= 15 is 0 Å². The maximum absolute atomic E-state index is 13.5. The van der Waals surface area contributed by atoms with Crippen LogP contribution in [0.15, 0.2) is 71.7 Å². The fourth-order valence-electron chi connectivity index (χ4n) is 3.76. The van der Waals surface area contributed by atoms with Gasteiger partial charge in [0.2, 0.25) is 0 Å². The number of ether oxygens (including phenoxy) is 1. The van der Waals surface area contributed by atoms with E-state index < -0.39 is 0 Å². The number of nitrogens with one attached hydrogen (secondary N) is 1. The van der Waals surface area contributed by atoms with E-state index in [4.69, 9.17) is 4.74 Å². The minimum absolute atomic E-state index is 0.0768. The summed E-state index contributed by atoms with van der Waals surface area (Å²) in [5.74, 6) is 0.0832. The van der Waals surface area contributed by atoms with Crippen LogP contribution in [0.5, 0.6) is 5.75 Å². The number of anilines is 2. The Bertz CT molecular complexity index is 1150. The minimum atomic E-state index is -0.354. The monoisotopic (exact) mass is 460 g/mol. The molecule has 0 saturated heterocycles. The van der Waals surface area contributed by atoms with Crippen molar-refractivity contribution < 1.29 is 14.3 Å². The summed E-state index contributed by atoms with van der Waals surface area (Å²) in [6, 6.07) is 18.8. The third-order valence-corrected chi connectivity index (χ3v) is 6.25. The van der Waals surface area contributed by atoms with Crippen LogP contribution < -0.4 is 15.0 Å². The van der Waals surface area contributed by atoms with Crippen LogP contribution in [0.2, 0.25) is 0 Å². The molecule has 33 heavy (non-hydrogen) atoms. The van der Waals surface area contributed by atoms with Crippen LogP contribution in [-0.2, 0) is 16.0 Å². The lowest BCUT2D eigenvalue weighted by Crippen LogP contribution is -2.32. The van der Waals surface area contributed by atoms with Gasteiger partial charge in [-0.1, -0.05) is 31.5 Å². The molecule has 5 nitrogen and oxygen atoms in total. The van der Waals surface area contributed by atoms with E-state index in [1.54, 1.807) is 0 Å². The lowest BCUT2D eigenvalue weighted by Gasteiger charge is -2.16. The molecule has 6 heteroatoms. The number of imide groups is 1. The fraction of sp³-hybridized carbons (Fsp3) is 0.259. The van der Waals surface area contributed by atoms with Crippen LogP contribution in [0, 0.1) is 0 Å². The van der Waals surface area contributed by atoms with Gasteiger partial charge in [-0.05, 0) is 80.1 Å². The molecule has 1 aliphatic rings. The quantitative estimate of drug-likeness (QED) is 0.382. The van der Waals surface area contributed by atoms with Crippen LogP contribution in [0.3, 0.4) is 0 Å². The number of amides is 2. The smallest absolute Gasteiger partial charge is 0.282 e. The van der Waals surface area contributed by atoms with Crippen molar-refractivity contribution >= 4 is 40.1 Å². The molecule has 1 aromatic heterocycles. The summed E-state index contributed by atoms with van der Waals surface area (Å²) in [6.07, 6.45) is 3.30. The highest BCUT2D eigenvalue weighted by Gasteiger charge is 2.40. The van der Waals surface area contributed by atoms with Gasteiger partial charge >= 0.3 is 0 Å². The molecule has 0 saturated carbocycles. The number of hydrogen-bond acceptors (Lipinski definition) is 5. The van der Waals surface area contributed by atoms with E-state index in [0.29, 0.717) is 16.9 Å². The highest BCUT2D eigenvalue weighted by atomic mass is 32.1. The predicted octanol–water partition coefficient (Wildman–Crippen LogP) is 6.27. The van der Waals surface area contributed by atoms with Crippen molar-refractivity contribution in [3.8, 4) is 5.75 Å². The van der Waals surface area contributed by atoms with E-state index in [0.717, 1.165) is 29.9 Å². The minimum Gasteiger partial charge on any atom is -0.491 e. The van der Waals surface area contributed by atoms with Crippen LogP contribution in [0.1, 0.15) is 44.1 Å². The first-order valence-electron chi connectivity index (χ1n) is 11.3. The first-order chi connectivity index (χ1) is 16.0. The Morgan fingerprint density at radius 2 is 1.70 bits per heavy atom. The number of carbonyl (C=O) groups excluding carboxylic acids is 2. The van der Waals surface area contributed by atoms with Gasteiger partial charge in [-0.3, -0.25) is 9.59 Å². The molecule has 170 valence electrons. The lowest BCUT2D eigenvalue weighted by molar-refractivity contribution is -0.120. The van der Waals surface area contributed by atoms with Gasteiger partial charge in [-0.25, -0.2) is 4.90 Å². The van der Waals surface area contributed by atoms with Gasteiger partial charge < -0.3 is 10.1 Å². The van der Waals surface area contributed by atoms with Crippen molar-refractivity contribution in [2.75, 3.05) is 10.2 Å². The molecule has 1 N–H and O–H groups in total. The molecule has 0 unspecified atom stereocenters. The van der Waals surface area contributed by atoms with E-state index in [1.165, 1.54) is 21.8 Å². The average Bonchev–Trinajstić information content (AvgIpc) is 3.40. The molecular formula is C27H28N2O3S. The molecule has 0 radical (unpaired) electrons. The number of hydrogen-bond donors (Lipinski definition) is 1. The SMILES string of the molecule is CCCCc1ccc(N2C(=O)C(Nc3ccc(OC(C)C)cc3)=C(c3cccs3)C2=O)cc1. The number of aryl methyl sites for hydroxylation is 1. The normalized spacial score (nSPS) is 13.9. The van der Waals surface area contributed by atoms with Crippen molar-refractivity contribution in [3.05, 3.63) is 82.2 Å². The second kappa shape index (κ2) is 10.0. The Hall–Kier alpha value is -3.38. The predicted molar refractivity (Wildman–Crippen MR) is 135 cm³/mol. The summed E-state index contributed by atoms with van der Waals surface area (Å²) < 4.78 is 5.70. The Morgan fingerprint density at radius 1 is 0.970 bits per heavy atom. The molecule has 0 atom stereocenters. The van der Waals surface area contributed by atoms with Crippen LogP contribution in [0.25, 0.3) is 5.57 Å². The first-order valence-corrected chi connectivity index (χ1v) is 12.2.